The van der Waals surface area contributed by atoms with Gasteiger partial charge in [-0.2, -0.15) is 0 Å². The largest absolute Gasteiger partial charge is 0.368 e. The normalized spacial score (nSPS) is 28.2. The highest BCUT2D eigenvalue weighted by Gasteiger charge is 2.45. The third kappa shape index (κ3) is 4.03. The molecule has 0 aliphatic carbocycles. The minimum Gasteiger partial charge on any atom is -0.368 e. The van der Waals surface area contributed by atoms with Crippen molar-refractivity contribution < 1.29 is 13.2 Å². The van der Waals surface area contributed by atoms with Crippen molar-refractivity contribution in [1.29, 1.82) is 0 Å². The third-order valence-electron chi connectivity index (χ3n) is 2.94. The molecule has 1 aliphatic heterocycles. The highest BCUT2D eigenvalue weighted by molar-refractivity contribution is 7.90. The average molecular weight is 249 g/mol. The number of hydrogen-bond donors (Lipinski definition) is 1. The Balaban J connectivity index is 2.49. The van der Waals surface area contributed by atoms with Crippen molar-refractivity contribution in [3.8, 4) is 0 Å². The van der Waals surface area contributed by atoms with Crippen LogP contribution in [0.3, 0.4) is 0 Å². The van der Waals surface area contributed by atoms with E-state index in [1.54, 1.807) is 0 Å². The molecule has 96 valence electrons. The molecule has 1 rings (SSSR count). The smallest absolute Gasteiger partial charge is 0.148 e. The van der Waals surface area contributed by atoms with Crippen LogP contribution in [-0.4, -0.2) is 44.2 Å². The summed E-state index contributed by atoms with van der Waals surface area (Å²) in [6.45, 7) is 8.70. The highest BCUT2D eigenvalue weighted by atomic mass is 32.2. The zero-order valence-electron chi connectivity index (χ0n) is 10.8. The fraction of sp³-hybridized carbons (Fsp3) is 1.00. The van der Waals surface area contributed by atoms with Crippen molar-refractivity contribution in [1.82, 2.24) is 5.32 Å². The Labute approximate surface area is 98.7 Å². The van der Waals surface area contributed by atoms with Crippen LogP contribution in [0.2, 0.25) is 0 Å². The first-order chi connectivity index (χ1) is 7.02. The molecule has 1 aliphatic rings. The summed E-state index contributed by atoms with van der Waals surface area (Å²) in [4.78, 5) is 0. The molecule has 1 saturated heterocycles. The van der Waals surface area contributed by atoms with Crippen LogP contribution in [0.4, 0.5) is 0 Å². The van der Waals surface area contributed by atoms with Gasteiger partial charge in [-0.3, -0.25) is 0 Å². The molecule has 4 nitrogen and oxygen atoms in total. The molecule has 1 fully saturated rings. The van der Waals surface area contributed by atoms with E-state index in [1.807, 2.05) is 13.8 Å². The van der Waals surface area contributed by atoms with Crippen molar-refractivity contribution in [2.75, 3.05) is 18.6 Å². The second kappa shape index (κ2) is 4.27. The predicted octanol–water partition coefficient (Wildman–Crippen LogP) is 0.967. The van der Waals surface area contributed by atoms with E-state index in [1.165, 1.54) is 6.26 Å². The van der Waals surface area contributed by atoms with Gasteiger partial charge in [-0.1, -0.05) is 0 Å². The summed E-state index contributed by atoms with van der Waals surface area (Å²) in [6.07, 6.45) is 2.17. The van der Waals surface area contributed by atoms with Gasteiger partial charge in [0.1, 0.15) is 9.84 Å². The number of ether oxygens (including phenoxy) is 1. The maximum Gasteiger partial charge on any atom is 0.148 e. The van der Waals surface area contributed by atoms with Crippen molar-refractivity contribution in [2.45, 2.75) is 51.4 Å². The molecule has 0 spiro atoms. The first-order valence-electron chi connectivity index (χ1n) is 5.63. The van der Waals surface area contributed by atoms with E-state index in [2.05, 4.69) is 19.2 Å². The topological polar surface area (TPSA) is 55.4 Å². The molecule has 5 heteroatoms. The molecule has 1 N–H and O–H groups in total. The SMILES string of the molecule is CC1(C)CC(NCCS(C)(=O)=O)C(C)(C)O1. The summed E-state index contributed by atoms with van der Waals surface area (Å²) in [7, 11) is -2.89. The van der Waals surface area contributed by atoms with Crippen LogP contribution in [-0.2, 0) is 14.6 Å². The van der Waals surface area contributed by atoms with E-state index in [0.717, 1.165) is 6.42 Å². The fourth-order valence-corrected chi connectivity index (χ4v) is 2.79. The standard InChI is InChI=1S/C11H23NO3S/c1-10(2)8-9(11(3,4)15-10)12-6-7-16(5,13)14/h9,12H,6-8H2,1-5H3. The Morgan fingerprint density at radius 2 is 1.88 bits per heavy atom. The first kappa shape index (κ1) is 13.9. The zero-order chi connectivity index (χ0) is 12.6. The van der Waals surface area contributed by atoms with Gasteiger partial charge in [0.15, 0.2) is 0 Å². The van der Waals surface area contributed by atoms with Crippen molar-refractivity contribution in [3.05, 3.63) is 0 Å². The molecular weight excluding hydrogens is 226 g/mol. The molecule has 1 unspecified atom stereocenters. The Morgan fingerprint density at radius 3 is 2.25 bits per heavy atom. The van der Waals surface area contributed by atoms with Crippen LogP contribution in [0.5, 0.6) is 0 Å². The van der Waals surface area contributed by atoms with Crippen molar-refractivity contribution in [3.63, 3.8) is 0 Å². The van der Waals surface area contributed by atoms with Crippen LogP contribution in [0.15, 0.2) is 0 Å². The van der Waals surface area contributed by atoms with Crippen LogP contribution >= 0.6 is 0 Å². The Hall–Kier alpha value is -0.130. The molecular formula is C11H23NO3S. The lowest BCUT2D eigenvalue weighted by Gasteiger charge is -2.27. The molecule has 0 amide bonds. The second-order valence-electron chi connectivity index (χ2n) is 5.81. The van der Waals surface area contributed by atoms with Crippen LogP contribution in [0.25, 0.3) is 0 Å². The number of rotatable bonds is 4. The molecule has 1 atom stereocenters. The maximum absolute atomic E-state index is 11.0. The molecule has 0 saturated carbocycles. The van der Waals surface area contributed by atoms with Gasteiger partial charge in [0, 0.05) is 18.8 Å². The van der Waals surface area contributed by atoms with Gasteiger partial charge < -0.3 is 10.1 Å². The lowest BCUT2D eigenvalue weighted by atomic mass is 9.94. The fourth-order valence-electron chi connectivity index (χ4n) is 2.30. The molecule has 1 heterocycles. The van der Waals surface area contributed by atoms with Gasteiger partial charge >= 0.3 is 0 Å². The summed E-state index contributed by atoms with van der Waals surface area (Å²) < 4.78 is 28.0. The van der Waals surface area contributed by atoms with E-state index in [-0.39, 0.29) is 23.0 Å². The summed E-state index contributed by atoms with van der Waals surface area (Å²) in [5.74, 6) is 0.181. The van der Waals surface area contributed by atoms with Crippen molar-refractivity contribution in [2.24, 2.45) is 0 Å². The Morgan fingerprint density at radius 1 is 1.31 bits per heavy atom. The first-order valence-corrected chi connectivity index (χ1v) is 7.69. The van der Waals surface area contributed by atoms with Crippen LogP contribution in [0, 0.1) is 0 Å². The number of hydrogen-bond acceptors (Lipinski definition) is 4. The predicted molar refractivity (Wildman–Crippen MR) is 65.4 cm³/mol. The Bertz CT molecular complexity index is 346. The molecule has 0 aromatic carbocycles. The summed E-state index contributed by atoms with van der Waals surface area (Å²) in [5.41, 5.74) is -0.368. The summed E-state index contributed by atoms with van der Waals surface area (Å²) >= 11 is 0. The van der Waals surface area contributed by atoms with Gasteiger partial charge in [0.25, 0.3) is 0 Å². The monoisotopic (exact) mass is 249 g/mol. The van der Waals surface area contributed by atoms with Crippen LogP contribution < -0.4 is 5.32 Å². The molecule has 0 aromatic heterocycles. The third-order valence-corrected chi connectivity index (χ3v) is 3.88. The second-order valence-corrected chi connectivity index (χ2v) is 8.07. The van der Waals surface area contributed by atoms with Crippen LogP contribution in [0.1, 0.15) is 34.1 Å². The minimum atomic E-state index is -2.89. The van der Waals surface area contributed by atoms with E-state index >= 15 is 0 Å². The van der Waals surface area contributed by atoms with E-state index in [9.17, 15) is 8.42 Å². The van der Waals surface area contributed by atoms with Gasteiger partial charge in [-0.15, -0.1) is 0 Å². The lowest BCUT2D eigenvalue weighted by molar-refractivity contribution is -0.0696. The molecule has 16 heavy (non-hydrogen) atoms. The molecule has 0 radical (unpaired) electrons. The van der Waals surface area contributed by atoms with Gasteiger partial charge in [-0.25, -0.2) is 8.42 Å². The number of sulfone groups is 1. The van der Waals surface area contributed by atoms with Gasteiger partial charge in [0.05, 0.1) is 17.0 Å². The zero-order valence-corrected chi connectivity index (χ0v) is 11.6. The lowest BCUT2D eigenvalue weighted by Crippen LogP contribution is -2.44. The average Bonchev–Trinajstić information content (AvgIpc) is 2.16. The minimum absolute atomic E-state index is 0.133. The quantitative estimate of drug-likeness (QED) is 0.806. The molecule has 0 bridgehead atoms. The van der Waals surface area contributed by atoms with Crippen molar-refractivity contribution >= 4 is 9.84 Å². The maximum atomic E-state index is 11.0. The molecule has 0 aromatic rings. The highest BCUT2D eigenvalue weighted by Crippen LogP contribution is 2.36. The van der Waals surface area contributed by atoms with E-state index in [0.29, 0.717) is 6.54 Å². The number of nitrogens with one attached hydrogen (secondary N) is 1. The van der Waals surface area contributed by atoms with E-state index in [4.69, 9.17) is 4.74 Å². The Kier molecular flexibility index (Phi) is 3.72. The summed E-state index contributed by atoms with van der Waals surface area (Å²) in [6, 6.07) is 0.212. The van der Waals surface area contributed by atoms with Gasteiger partial charge in [-0.05, 0) is 34.1 Å². The summed E-state index contributed by atoms with van der Waals surface area (Å²) in [5, 5.41) is 3.28. The van der Waals surface area contributed by atoms with Gasteiger partial charge in [0.2, 0.25) is 0 Å². The van der Waals surface area contributed by atoms with E-state index < -0.39 is 9.84 Å².